The summed E-state index contributed by atoms with van der Waals surface area (Å²) in [6, 6.07) is 15.2. The average Bonchev–Trinajstić information content (AvgIpc) is 3.00. The maximum atomic E-state index is 12.9. The number of nitrogens with one attached hydrogen (secondary N) is 1. The van der Waals surface area contributed by atoms with Crippen LogP contribution in [0.15, 0.2) is 63.3 Å². The van der Waals surface area contributed by atoms with Crippen LogP contribution in [0, 0.1) is 0 Å². The van der Waals surface area contributed by atoms with Gasteiger partial charge in [0.25, 0.3) is 5.56 Å². The number of aromatic nitrogens is 4. The standard InChI is InChI=1S/C21H22N4O2S/c1-14(2)25-19(26)15-8-3-4-9-16(15)23-21(25)28-13-7-12-24-18-11-6-5-10-17(18)22-20(24)27/h3-6,8-11,14H,7,12-13H2,1-2H3,(H,22,27). The van der Waals surface area contributed by atoms with Gasteiger partial charge in [-0.2, -0.15) is 0 Å². The first-order valence-corrected chi connectivity index (χ1v) is 10.4. The van der Waals surface area contributed by atoms with Crippen LogP contribution in [0.5, 0.6) is 0 Å². The van der Waals surface area contributed by atoms with Crippen molar-refractivity contribution < 1.29 is 0 Å². The largest absolute Gasteiger partial charge is 0.326 e. The number of fused-ring (bicyclic) bond motifs is 2. The van der Waals surface area contributed by atoms with E-state index in [4.69, 9.17) is 4.98 Å². The molecule has 28 heavy (non-hydrogen) atoms. The number of thioether (sulfide) groups is 1. The molecule has 144 valence electrons. The quantitative estimate of drug-likeness (QED) is 0.307. The molecule has 0 saturated heterocycles. The molecule has 1 N–H and O–H groups in total. The highest BCUT2D eigenvalue weighted by molar-refractivity contribution is 7.99. The van der Waals surface area contributed by atoms with Gasteiger partial charge in [0, 0.05) is 18.3 Å². The smallest absolute Gasteiger partial charge is 0.306 e. The molecule has 0 radical (unpaired) electrons. The van der Waals surface area contributed by atoms with Crippen molar-refractivity contribution in [2.45, 2.75) is 38.0 Å². The molecular weight excluding hydrogens is 372 g/mol. The zero-order valence-electron chi connectivity index (χ0n) is 15.9. The number of nitrogens with zero attached hydrogens (tertiary/aromatic N) is 3. The second kappa shape index (κ2) is 7.67. The Balaban J connectivity index is 1.54. The van der Waals surface area contributed by atoms with E-state index in [1.54, 1.807) is 20.9 Å². The highest BCUT2D eigenvalue weighted by Crippen LogP contribution is 2.22. The Morgan fingerprint density at radius 1 is 1.07 bits per heavy atom. The lowest BCUT2D eigenvalue weighted by Gasteiger charge is -2.16. The zero-order chi connectivity index (χ0) is 19.7. The SMILES string of the molecule is CC(C)n1c(SCCCn2c(=O)[nH]c3ccccc32)nc2ccccc2c1=O. The van der Waals surface area contributed by atoms with Crippen LogP contribution in [-0.4, -0.2) is 24.9 Å². The second-order valence-corrected chi connectivity index (χ2v) is 8.04. The zero-order valence-corrected chi connectivity index (χ0v) is 16.7. The molecule has 0 fully saturated rings. The molecule has 0 aliphatic rings. The van der Waals surface area contributed by atoms with Gasteiger partial charge in [-0.15, -0.1) is 0 Å². The monoisotopic (exact) mass is 394 g/mol. The van der Waals surface area contributed by atoms with Crippen molar-refractivity contribution >= 4 is 33.7 Å². The minimum absolute atomic E-state index is 0.00375. The van der Waals surface area contributed by atoms with Gasteiger partial charge in [0.05, 0.1) is 21.9 Å². The van der Waals surface area contributed by atoms with Gasteiger partial charge >= 0.3 is 5.69 Å². The lowest BCUT2D eigenvalue weighted by Crippen LogP contribution is -2.25. The Hall–Kier alpha value is -2.80. The van der Waals surface area contributed by atoms with E-state index in [9.17, 15) is 9.59 Å². The minimum Gasteiger partial charge on any atom is -0.306 e. The summed E-state index contributed by atoms with van der Waals surface area (Å²) in [4.78, 5) is 32.6. The van der Waals surface area contributed by atoms with Crippen LogP contribution in [0.2, 0.25) is 0 Å². The number of hydrogen-bond donors (Lipinski definition) is 1. The lowest BCUT2D eigenvalue weighted by atomic mass is 10.2. The summed E-state index contributed by atoms with van der Waals surface area (Å²) in [6.07, 6.45) is 0.799. The van der Waals surface area contributed by atoms with Gasteiger partial charge < -0.3 is 4.98 Å². The molecule has 0 atom stereocenters. The Kier molecular flexibility index (Phi) is 5.09. The number of aryl methyl sites for hydroxylation is 1. The van der Waals surface area contributed by atoms with Crippen LogP contribution in [0.25, 0.3) is 21.9 Å². The van der Waals surface area contributed by atoms with Crippen LogP contribution in [0.1, 0.15) is 26.3 Å². The molecule has 7 heteroatoms. The second-order valence-electron chi connectivity index (χ2n) is 6.98. The maximum absolute atomic E-state index is 12.9. The van der Waals surface area contributed by atoms with Crippen molar-refractivity contribution in [3.63, 3.8) is 0 Å². The third kappa shape index (κ3) is 3.38. The first kappa shape index (κ1) is 18.6. The fourth-order valence-corrected chi connectivity index (χ4v) is 4.45. The van der Waals surface area contributed by atoms with Crippen LogP contribution in [-0.2, 0) is 6.54 Å². The van der Waals surface area contributed by atoms with E-state index in [1.165, 1.54) is 0 Å². The third-order valence-corrected chi connectivity index (χ3v) is 5.77. The summed E-state index contributed by atoms with van der Waals surface area (Å²) >= 11 is 1.56. The van der Waals surface area contributed by atoms with E-state index in [-0.39, 0.29) is 17.3 Å². The molecule has 0 aliphatic carbocycles. The van der Waals surface area contributed by atoms with E-state index >= 15 is 0 Å². The first-order valence-electron chi connectivity index (χ1n) is 9.38. The summed E-state index contributed by atoms with van der Waals surface area (Å²) in [5.74, 6) is 0.767. The highest BCUT2D eigenvalue weighted by Gasteiger charge is 2.14. The summed E-state index contributed by atoms with van der Waals surface area (Å²) < 4.78 is 3.52. The van der Waals surface area contributed by atoms with Gasteiger partial charge in [0.1, 0.15) is 0 Å². The number of imidazole rings is 1. The van der Waals surface area contributed by atoms with Crippen LogP contribution >= 0.6 is 11.8 Å². The van der Waals surface area contributed by atoms with E-state index in [2.05, 4.69) is 4.98 Å². The van der Waals surface area contributed by atoms with Crippen LogP contribution < -0.4 is 11.2 Å². The molecule has 0 saturated carbocycles. The lowest BCUT2D eigenvalue weighted by molar-refractivity contribution is 0.518. The minimum atomic E-state index is -0.0888. The molecule has 0 bridgehead atoms. The number of H-pyrrole nitrogens is 1. The van der Waals surface area contributed by atoms with Crippen molar-refractivity contribution in [2.75, 3.05) is 5.75 Å². The number of rotatable bonds is 6. The van der Waals surface area contributed by atoms with Gasteiger partial charge in [-0.25, -0.2) is 9.78 Å². The van der Waals surface area contributed by atoms with E-state index in [0.717, 1.165) is 33.9 Å². The first-order chi connectivity index (χ1) is 13.6. The molecule has 2 aromatic heterocycles. The molecule has 0 amide bonds. The molecular formula is C21H22N4O2S. The average molecular weight is 395 g/mol. The summed E-state index contributed by atoms with van der Waals surface area (Å²) in [5.41, 5.74) is 2.40. The Labute approximate surface area is 166 Å². The Morgan fingerprint density at radius 2 is 1.82 bits per heavy atom. The number of para-hydroxylation sites is 3. The predicted molar refractivity (Wildman–Crippen MR) is 114 cm³/mol. The fourth-order valence-electron chi connectivity index (χ4n) is 3.40. The van der Waals surface area contributed by atoms with Gasteiger partial charge in [-0.1, -0.05) is 36.0 Å². The van der Waals surface area contributed by atoms with E-state index in [0.29, 0.717) is 11.9 Å². The maximum Gasteiger partial charge on any atom is 0.326 e. The molecule has 4 rings (SSSR count). The molecule has 0 unspecified atom stereocenters. The van der Waals surface area contributed by atoms with E-state index < -0.39 is 0 Å². The topological polar surface area (TPSA) is 72.7 Å². The Morgan fingerprint density at radius 3 is 2.64 bits per heavy atom. The van der Waals surface area contributed by atoms with E-state index in [1.807, 2.05) is 62.4 Å². The van der Waals surface area contributed by atoms with Crippen molar-refractivity contribution in [1.29, 1.82) is 0 Å². The van der Waals surface area contributed by atoms with Crippen molar-refractivity contribution in [1.82, 2.24) is 19.1 Å². The summed E-state index contributed by atoms with van der Waals surface area (Å²) in [6.45, 7) is 4.61. The molecule has 2 aromatic carbocycles. The number of aromatic amines is 1. The Bertz CT molecular complexity index is 1250. The fraction of sp³-hybridized carbons (Fsp3) is 0.286. The summed E-state index contributed by atoms with van der Waals surface area (Å²) in [5, 5.41) is 1.37. The van der Waals surface area contributed by atoms with Crippen molar-refractivity contribution in [2.24, 2.45) is 0 Å². The van der Waals surface area contributed by atoms with Crippen molar-refractivity contribution in [3.05, 3.63) is 69.4 Å². The number of hydrogen-bond acceptors (Lipinski definition) is 4. The van der Waals surface area contributed by atoms with Crippen molar-refractivity contribution in [3.8, 4) is 0 Å². The number of benzene rings is 2. The molecule has 6 nitrogen and oxygen atoms in total. The predicted octanol–water partition coefficient (Wildman–Crippen LogP) is 3.80. The molecule has 0 spiro atoms. The van der Waals surface area contributed by atoms with Gasteiger partial charge in [0.2, 0.25) is 0 Å². The molecule has 0 aliphatic heterocycles. The molecule has 2 heterocycles. The molecule has 4 aromatic rings. The van der Waals surface area contributed by atoms with Crippen LogP contribution in [0.4, 0.5) is 0 Å². The van der Waals surface area contributed by atoms with Crippen LogP contribution in [0.3, 0.4) is 0 Å². The van der Waals surface area contributed by atoms with Gasteiger partial charge in [-0.3, -0.25) is 13.9 Å². The normalized spacial score (nSPS) is 11.7. The van der Waals surface area contributed by atoms with Gasteiger partial charge in [-0.05, 0) is 44.5 Å². The summed E-state index contributed by atoms with van der Waals surface area (Å²) in [7, 11) is 0. The van der Waals surface area contributed by atoms with Gasteiger partial charge in [0.15, 0.2) is 5.16 Å². The highest BCUT2D eigenvalue weighted by atomic mass is 32.2. The third-order valence-electron chi connectivity index (χ3n) is 4.73.